The Morgan fingerprint density at radius 1 is 1.31 bits per heavy atom. The van der Waals surface area contributed by atoms with Crippen LogP contribution in [-0.2, 0) is 6.54 Å². The molecule has 90 valence electrons. The lowest BCUT2D eigenvalue weighted by Crippen LogP contribution is -2.25. The van der Waals surface area contributed by atoms with Crippen molar-refractivity contribution in [3.8, 4) is 0 Å². The Bertz CT molecular complexity index is 276. The van der Waals surface area contributed by atoms with Gasteiger partial charge in [0.25, 0.3) is 0 Å². The molecule has 3 heteroatoms. The van der Waals surface area contributed by atoms with E-state index in [0.29, 0.717) is 0 Å². The molecule has 1 aromatic rings. The third-order valence-electron chi connectivity index (χ3n) is 3.76. The van der Waals surface area contributed by atoms with Crippen LogP contribution in [-0.4, -0.2) is 11.5 Å². The van der Waals surface area contributed by atoms with Gasteiger partial charge in [-0.2, -0.15) is 0 Å². The van der Waals surface area contributed by atoms with Gasteiger partial charge in [-0.05, 0) is 31.2 Å². The summed E-state index contributed by atoms with van der Waals surface area (Å²) in [4.78, 5) is 5.44. The predicted molar refractivity (Wildman–Crippen MR) is 69.6 cm³/mol. The van der Waals surface area contributed by atoms with Crippen LogP contribution < -0.4 is 5.32 Å². The topological polar surface area (TPSA) is 24.9 Å². The third-order valence-corrected chi connectivity index (χ3v) is 4.54. The van der Waals surface area contributed by atoms with E-state index < -0.39 is 0 Å². The number of hydrogen-bond acceptors (Lipinski definition) is 3. The van der Waals surface area contributed by atoms with E-state index in [-0.39, 0.29) is 0 Å². The highest BCUT2D eigenvalue weighted by molar-refractivity contribution is 7.09. The Morgan fingerprint density at radius 2 is 2.06 bits per heavy atom. The summed E-state index contributed by atoms with van der Waals surface area (Å²) in [7, 11) is 0. The maximum atomic E-state index is 4.09. The number of nitrogens with one attached hydrogen (secondary N) is 1. The molecule has 1 fully saturated rings. The summed E-state index contributed by atoms with van der Waals surface area (Å²) in [5.41, 5.74) is 1.91. The van der Waals surface area contributed by atoms with Crippen molar-refractivity contribution >= 4 is 11.3 Å². The second-order valence-corrected chi connectivity index (χ2v) is 5.86. The molecule has 0 unspecified atom stereocenters. The average molecular weight is 238 g/mol. The monoisotopic (exact) mass is 238 g/mol. The molecule has 1 N–H and O–H groups in total. The minimum Gasteiger partial charge on any atom is -0.312 e. The Balaban J connectivity index is 1.60. The fourth-order valence-electron chi connectivity index (χ4n) is 2.57. The lowest BCUT2D eigenvalue weighted by atomic mass is 9.81. The number of nitrogens with zero attached hydrogens (tertiary/aromatic N) is 1. The first-order valence-electron chi connectivity index (χ1n) is 6.46. The summed E-state index contributed by atoms with van der Waals surface area (Å²) < 4.78 is 0. The van der Waals surface area contributed by atoms with Crippen molar-refractivity contribution in [1.29, 1.82) is 0 Å². The molecule has 0 amide bonds. The van der Waals surface area contributed by atoms with Crippen LogP contribution in [0.3, 0.4) is 0 Å². The molecule has 16 heavy (non-hydrogen) atoms. The molecule has 1 aliphatic rings. The fraction of sp³-hybridized carbons (Fsp3) is 0.769. The summed E-state index contributed by atoms with van der Waals surface area (Å²) in [6, 6.07) is 0. The van der Waals surface area contributed by atoms with Gasteiger partial charge < -0.3 is 5.32 Å². The molecule has 2 nitrogen and oxygen atoms in total. The molecule has 0 radical (unpaired) electrons. The maximum Gasteiger partial charge on any atom is 0.0794 e. The molecule has 0 atom stereocenters. The van der Waals surface area contributed by atoms with Crippen molar-refractivity contribution in [2.24, 2.45) is 11.8 Å². The van der Waals surface area contributed by atoms with E-state index in [2.05, 4.69) is 17.2 Å². The normalized spacial score (nSPS) is 25.8. The molecule has 2 rings (SSSR count). The van der Waals surface area contributed by atoms with Gasteiger partial charge in [-0.3, -0.25) is 4.98 Å². The third kappa shape index (κ3) is 3.56. The Kier molecular flexibility index (Phi) is 4.79. The smallest absolute Gasteiger partial charge is 0.0794 e. The number of aromatic nitrogens is 1. The second kappa shape index (κ2) is 6.36. The largest absolute Gasteiger partial charge is 0.312 e. The average Bonchev–Trinajstić information content (AvgIpc) is 2.83. The molecule has 0 aliphatic heterocycles. The van der Waals surface area contributed by atoms with E-state index in [9.17, 15) is 0 Å². The zero-order chi connectivity index (χ0) is 11.2. The SMILES string of the molecule is CCC1CCC(CNCc2cncs2)CC1. The first-order valence-corrected chi connectivity index (χ1v) is 7.34. The van der Waals surface area contributed by atoms with Gasteiger partial charge >= 0.3 is 0 Å². The highest BCUT2D eigenvalue weighted by Crippen LogP contribution is 2.30. The van der Waals surface area contributed by atoms with Crippen molar-refractivity contribution in [3.05, 3.63) is 16.6 Å². The van der Waals surface area contributed by atoms with Gasteiger partial charge in [0.2, 0.25) is 0 Å². The summed E-state index contributed by atoms with van der Waals surface area (Å²) >= 11 is 1.74. The highest BCUT2D eigenvalue weighted by atomic mass is 32.1. The standard InChI is InChI=1S/C13H22N2S/c1-2-11-3-5-12(6-4-11)7-14-8-13-9-15-10-16-13/h9-12,14H,2-8H2,1H3. The molecular weight excluding hydrogens is 216 g/mol. The molecule has 0 spiro atoms. The summed E-state index contributed by atoms with van der Waals surface area (Å²) in [6.45, 7) is 4.51. The highest BCUT2D eigenvalue weighted by Gasteiger charge is 2.19. The Labute approximate surface area is 102 Å². The molecule has 0 aromatic carbocycles. The molecule has 1 aliphatic carbocycles. The maximum absolute atomic E-state index is 4.09. The molecular formula is C13H22N2S. The van der Waals surface area contributed by atoms with Crippen LogP contribution in [0.1, 0.15) is 43.9 Å². The summed E-state index contributed by atoms with van der Waals surface area (Å²) in [6.07, 6.45) is 9.09. The first kappa shape index (κ1) is 12.1. The first-order chi connectivity index (χ1) is 7.88. The van der Waals surface area contributed by atoms with Crippen LogP contribution in [0.4, 0.5) is 0 Å². The van der Waals surface area contributed by atoms with Gasteiger partial charge in [0.15, 0.2) is 0 Å². The van der Waals surface area contributed by atoms with Gasteiger partial charge in [0, 0.05) is 17.6 Å². The molecule has 1 saturated carbocycles. The minimum absolute atomic E-state index is 0.913. The number of thiazole rings is 1. The number of rotatable bonds is 5. The van der Waals surface area contributed by atoms with E-state index in [4.69, 9.17) is 0 Å². The van der Waals surface area contributed by atoms with Crippen molar-refractivity contribution in [2.75, 3.05) is 6.54 Å². The van der Waals surface area contributed by atoms with Crippen molar-refractivity contribution < 1.29 is 0 Å². The Hall–Kier alpha value is -0.410. The van der Waals surface area contributed by atoms with E-state index in [1.807, 2.05) is 11.7 Å². The second-order valence-electron chi connectivity index (χ2n) is 4.89. The molecule has 0 bridgehead atoms. The van der Waals surface area contributed by atoms with Gasteiger partial charge in [-0.1, -0.05) is 26.2 Å². The fourth-order valence-corrected chi connectivity index (χ4v) is 3.14. The van der Waals surface area contributed by atoms with Gasteiger partial charge in [-0.15, -0.1) is 11.3 Å². The van der Waals surface area contributed by atoms with Crippen LogP contribution in [0.25, 0.3) is 0 Å². The van der Waals surface area contributed by atoms with E-state index in [1.165, 1.54) is 43.5 Å². The summed E-state index contributed by atoms with van der Waals surface area (Å²) in [5, 5.41) is 3.56. The van der Waals surface area contributed by atoms with Gasteiger partial charge in [0.1, 0.15) is 0 Å². The lowest BCUT2D eigenvalue weighted by Gasteiger charge is -2.27. The quantitative estimate of drug-likeness (QED) is 0.850. The minimum atomic E-state index is 0.913. The van der Waals surface area contributed by atoms with Crippen LogP contribution in [0.15, 0.2) is 11.7 Å². The van der Waals surface area contributed by atoms with Crippen LogP contribution in [0, 0.1) is 11.8 Å². The van der Waals surface area contributed by atoms with Crippen LogP contribution >= 0.6 is 11.3 Å². The van der Waals surface area contributed by atoms with Crippen molar-refractivity contribution in [3.63, 3.8) is 0 Å². The number of hydrogen-bond donors (Lipinski definition) is 1. The zero-order valence-corrected chi connectivity index (χ0v) is 10.9. The zero-order valence-electron chi connectivity index (χ0n) is 10.1. The predicted octanol–water partition coefficient (Wildman–Crippen LogP) is 3.45. The van der Waals surface area contributed by atoms with Gasteiger partial charge in [0.05, 0.1) is 5.51 Å². The van der Waals surface area contributed by atoms with E-state index >= 15 is 0 Å². The van der Waals surface area contributed by atoms with Crippen molar-refractivity contribution in [1.82, 2.24) is 10.3 Å². The molecule has 1 heterocycles. The molecule has 0 saturated heterocycles. The Morgan fingerprint density at radius 3 is 2.69 bits per heavy atom. The van der Waals surface area contributed by atoms with Gasteiger partial charge in [-0.25, -0.2) is 0 Å². The van der Waals surface area contributed by atoms with Crippen LogP contribution in [0.2, 0.25) is 0 Å². The summed E-state index contributed by atoms with van der Waals surface area (Å²) in [5.74, 6) is 1.92. The van der Waals surface area contributed by atoms with Crippen LogP contribution in [0.5, 0.6) is 0 Å². The van der Waals surface area contributed by atoms with Crippen molar-refractivity contribution in [2.45, 2.75) is 45.6 Å². The molecule has 1 aromatic heterocycles. The lowest BCUT2D eigenvalue weighted by molar-refractivity contribution is 0.262. The van der Waals surface area contributed by atoms with E-state index in [0.717, 1.165) is 18.4 Å². The van der Waals surface area contributed by atoms with E-state index in [1.54, 1.807) is 11.3 Å².